The number of anilines is 1. The summed E-state index contributed by atoms with van der Waals surface area (Å²) >= 11 is 0. The normalized spacial score (nSPS) is 10.9. The van der Waals surface area contributed by atoms with Crippen LogP contribution in [0.5, 0.6) is 0 Å². The van der Waals surface area contributed by atoms with Gasteiger partial charge in [0.15, 0.2) is 17.8 Å². The molecule has 0 spiro atoms. The summed E-state index contributed by atoms with van der Waals surface area (Å²) in [5.74, 6) is -0.491. The zero-order valence-corrected chi connectivity index (χ0v) is 12.3. The highest BCUT2D eigenvalue weighted by Gasteiger charge is 2.18. The minimum Gasteiger partial charge on any atom is -0.443 e. The number of benzene rings is 2. The first-order chi connectivity index (χ1) is 11.7. The van der Waals surface area contributed by atoms with Crippen molar-refractivity contribution in [3.8, 4) is 11.3 Å². The number of oxazole rings is 1. The largest absolute Gasteiger partial charge is 0.443 e. The number of carbonyl (C=O) groups excluding carboxylic acids is 1. The topological polar surface area (TPSA) is 83.8 Å². The summed E-state index contributed by atoms with van der Waals surface area (Å²) in [7, 11) is 0. The van der Waals surface area contributed by atoms with Gasteiger partial charge in [0.2, 0.25) is 0 Å². The lowest BCUT2D eigenvalue weighted by Gasteiger charge is -2.05. The molecular formula is C17H11FN4O2. The van der Waals surface area contributed by atoms with E-state index in [-0.39, 0.29) is 17.3 Å². The summed E-state index contributed by atoms with van der Waals surface area (Å²) in [5, 5.41) is 10.5. The predicted octanol–water partition coefficient (Wildman–Crippen LogP) is 3.61. The van der Waals surface area contributed by atoms with Gasteiger partial charge in [-0.3, -0.25) is 9.89 Å². The second kappa shape index (κ2) is 5.62. The van der Waals surface area contributed by atoms with E-state index in [1.165, 1.54) is 30.7 Å². The minimum atomic E-state index is -0.415. The van der Waals surface area contributed by atoms with E-state index in [4.69, 9.17) is 4.42 Å². The Morgan fingerprint density at radius 3 is 2.83 bits per heavy atom. The zero-order valence-electron chi connectivity index (χ0n) is 12.3. The van der Waals surface area contributed by atoms with Crippen molar-refractivity contribution in [3.63, 3.8) is 0 Å². The van der Waals surface area contributed by atoms with Crippen molar-refractivity contribution < 1.29 is 13.6 Å². The molecular weight excluding hydrogens is 311 g/mol. The number of aromatic nitrogens is 3. The van der Waals surface area contributed by atoms with E-state index in [1.54, 1.807) is 18.3 Å². The maximum atomic E-state index is 13.0. The van der Waals surface area contributed by atoms with Gasteiger partial charge in [0.1, 0.15) is 5.82 Å². The molecule has 6 nitrogen and oxygen atoms in total. The molecule has 2 aromatic carbocycles. The van der Waals surface area contributed by atoms with E-state index in [0.29, 0.717) is 11.3 Å². The van der Waals surface area contributed by atoms with Crippen LogP contribution >= 0.6 is 0 Å². The van der Waals surface area contributed by atoms with Gasteiger partial charge in [-0.15, -0.1) is 0 Å². The monoisotopic (exact) mass is 322 g/mol. The van der Waals surface area contributed by atoms with Crippen LogP contribution in [0, 0.1) is 5.82 Å². The number of nitrogens with one attached hydrogen (secondary N) is 2. The molecule has 0 unspecified atom stereocenters. The fraction of sp³-hybridized carbons (Fsp3) is 0. The van der Waals surface area contributed by atoms with E-state index in [1.807, 2.05) is 6.07 Å². The Labute approximate surface area is 135 Å². The molecule has 0 aliphatic rings. The van der Waals surface area contributed by atoms with Crippen molar-refractivity contribution in [1.82, 2.24) is 15.2 Å². The third-order valence-corrected chi connectivity index (χ3v) is 3.59. The smallest absolute Gasteiger partial charge is 0.278 e. The Bertz CT molecular complexity index is 1020. The number of nitrogens with zero attached hydrogens (tertiary/aromatic N) is 2. The molecule has 4 aromatic rings. The van der Waals surface area contributed by atoms with Crippen LogP contribution in [-0.4, -0.2) is 21.1 Å². The molecule has 2 heterocycles. The van der Waals surface area contributed by atoms with Crippen LogP contribution in [0.1, 0.15) is 10.5 Å². The van der Waals surface area contributed by atoms with Gasteiger partial charge in [0.25, 0.3) is 5.91 Å². The number of aromatic amines is 1. The second-order valence-corrected chi connectivity index (χ2v) is 5.16. The summed E-state index contributed by atoms with van der Waals surface area (Å²) in [6.07, 6.45) is 2.89. The molecule has 0 bridgehead atoms. The van der Waals surface area contributed by atoms with E-state index in [0.717, 1.165) is 10.9 Å². The average Bonchev–Trinajstić information content (AvgIpc) is 3.24. The van der Waals surface area contributed by atoms with Gasteiger partial charge in [-0.25, -0.2) is 9.37 Å². The highest BCUT2D eigenvalue weighted by Crippen LogP contribution is 2.24. The lowest BCUT2D eigenvalue weighted by Crippen LogP contribution is -2.13. The van der Waals surface area contributed by atoms with E-state index >= 15 is 0 Å². The number of hydrogen-bond donors (Lipinski definition) is 2. The molecule has 0 aliphatic heterocycles. The number of fused-ring (bicyclic) bond motifs is 1. The lowest BCUT2D eigenvalue weighted by molar-refractivity contribution is 0.102. The summed E-state index contributed by atoms with van der Waals surface area (Å²) in [6, 6.07) is 11.0. The molecule has 4 rings (SSSR count). The summed E-state index contributed by atoms with van der Waals surface area (Å²) < 4.78 is 18.3. The SMILES string of the molecule is O=C(Nc1ccc2cn[nH]c2c1)c1ncoc1-c1ccc(F)cc1. The van der Waals surface area contributed by atoms with Gasteiger partial charge in [0, 0.05) is 16.6 Å². The molecule has 0 aliphatic carbocycles. The van der Waals surface area contributed by atoms with Gasteiger partial charge in [-0.2, -0.15) is 5.10 Å². The molecule has 2 N–H and O–H groups in total. The fourth-order valence-electron chi connectivity index (χ4n) is 2.42. The van der Waals surface area contributed by atoms with Gasteiger partial charge in [-0.1, -0.05) is 0 Å². The van der Waals surface area contributed by atoms with Gasteiger partial charge < -0.3 is 9.73 Å². The molecule has 0 atom stereocenters. The third-order valence-electron chi connectivity index (χ3n) is 3.59. The van der Waals surface area contributed by atoms with Crippen molar-refractivity contribution in [1.29, 1.82) is 0 Å². The molecule has 7 heteroatoms. The number of hydrogen-bond acceptors (Lipinski definition) is 4. The summed E-state index contributed by atoms with van der Waals surface area (Å²) in [6.45, 7) is 0. The maximum absolute atomic E-state index is 13.0. The predicted molar refractivity (Wildman–Crippen MR) is 85.9 cm³/mol. The standard InChI is InChI=1S/C17H11FN4O2/c18-12-4-1-10(2-5-12)16-15(19-9-24-16)17(23)21-13-6-3-11-8-20-22-14(11)7-13/h1-9H,(H,20,22)(H,21,23). The Hall–Kier alpha value is -3.48. The van der Waals surface area contributed by atoms with Crippen LogP contribution in [0.3, 0.4) is 0 Å². The van der Waals surface area contributed by atoms with Gasteiger partial charge in [-0.05, 0) is 42.5 Å². The van der Waals surface area contributed by atoms with Gasteiger partial charge in [0.05, 0.1) is 11.7 Å². The second-order valence-electron chi connectivity index (χ2n) is 5.16. The van der Waals surface area contributed by atoms with Crippen LogP contribution in [0.2, 0.25) is 0 Å². The first kappa shape index (κ1) is 14.1. The molecule has 2 aromatic heterocycles. The van der Waals surface area contributed by atoms with Gasteiger partial charge >= 0.3 is 0 Å². The van der Waals surface area contributed by atoms with Crippen molar-refractivity contribution in [3.05, 3.63) is 66.6 Å². The van der Waals surface area contributed by atoms with Crippen molar-refractivity contribution in [2.24, 2.45) is 0 Å². The molecule has 0 saturated carbocycles. The van der Waals surface area contributed by atoms with E-state index in [2.05, 4.69) is 20.5 Å². The van der Waals surface area contributed by atoms with Crippen LogP contribution in [0.25, 0.3) is 22.2 Å². The van der Waals surface area contributed by atoms with Crippen molar-refractivity contribution >= 4 is 22.5 Å². The van der Waals surface area contributed by atoms with Crippen molar-refractivity contribution in [2.45, 2.75) is 0 Å². The van der Waals surface area contributed by atoms with Crippen LogP contribution < -0.4 is 5.32 Å². The Balaban J connectivity index is 1.63. The quantitative estimate of drug-likeness (QED) is 0.603. The molecule has 0 radical (unpaired) electrons. The molecule has 24 heavy (non-hydrogen) atoms. The van der Waals surface area contributed by atoms with E-state index in [9.17, 15) is 9.18 Å². The third kappa shape index (κ3) is 2.52. The van der Waals surface area contributed by atoms with Crippen LogP contribution in [0.15, 0.2) is 59.5 Å². The molecule has 1 amide bonds. The zero-order chi connectivity index (χ0) is 16.5. The fourth-order valence-corrected chi connectivity index (χ4v) is 2.42. The lowest BCUT2D eigenvalue weighted by atomic mass is 10.1. The number of rotatable bonds is 3. The van der Waals surface area contributed by atoms with Crippen molar-refractivity contribution in [2.75, 3.05) is 5.32 Å². The molecule has 0 fully saturated rings. The Morgan fingerprint density at radius 2 is 2.00 bits per heavy atom. The highest BCUT2D eigenvalue weighted by molar-refractivity contribution is 6.07. The maximum Gasteiger partial charge on any atom is 0.278 e. The molecule has 0 saturated heterocycles. The first-order valence-corrected chi connectivity index (χ1v) is 7.14. The van der Waals surface area contributed by atoms with Crippen LogP contribution in [0.4, 0.5) is 10.1 Å². The Morgan fingerprint density at radius 1 is 1.17 bits per heavy atom. The Kier molecular flexibility index (Phi) is 3.31. The number of amides is 1. The summed E-state index contributed by atoms with van der Waals surface area (Å²) in [4.78, 5) is 16.4. The average molecular weight is 322 g/mol. The van der Waals surface area contributed by atoms with E-state index < -0.39 is 5.91 Å². The number of carbonyl (C=O) groups is 1. The highest BCUT2D eigenvalue weighted by atomic mass is 19.1. The first-order valence-electron chi connectivity index (χ1n) is 7.14. The van der Waals surface area contributed by atoms with Crippen LogP contribution in [-0.2, 0) is 0 Å². The minimum absolute atomic E-state index is 0.131. The molecule has 118 valence electrons. The number of H-pyrrole nitrogens is 1. The summed E-state index contributed by atoms with van der Waals surface area (Å²) in [5.41, 5.74) is 2.12. The number of halogens is 1.